The largest absolute Gasteiger partial charge is 0.333 e. The Balaban J connectivity index is 0.00000162. The van der Waals surface area contributed by atoms with E-state index in [-0.39, 0.29) is 29.9 Å². The number of nitrogens with one attached hydrogen (secondary N) is 1. The first-order valence-electron chi connectivity index (χ1n) is 5.56. The van der Waals surface area contributed by atoms with Crippen molar-refractivity contribution >= 4 is 18.3 Å². The molecule has 18 heavy (non-hydrogen) atoms. The predicted molar refractivity (Wildman–Crippen MR) is 67.0 cm³/mol. The predicted octanol–water partition coefficient (Wildman–Crippen LogP) is 1.82. The van der Waals surface area contributed by atoms with Crippen LogP contribution < -0.4 is 5.32 Å². The molecule has 0 unspecified atom stereocenters. The van der Waals surface area contributed by atoms with Crippen LogP contribution >= 0.6 is 12.4 Å². The number of piperazine rings is 1. The Morgan fingerprint density at radius 1 is 1.39 bits per heavy atom. The standard InChI is InChI=1S/C12H14F2N2O.ClH/c1-8-7-15-4-5-16(8)12(17)9-2-3-10(13)11(14)6-9;/h2-3,6,8,15H,4-5,7H2,1H3;1H/t8-;/m1./s1. The Labute approximate surface area is 111 Å². The van der Waals surface area contributed by atoms with Crippen molar-refractivity contribution in [3.05, 3.63) is 35.4 Å². The molecule has 0 radical (unpaired) electrons. The zero-order chi connectivity index (χ0) is 12.4. The molecule has 0 spiro atoms. The first kappa shape index (κ1) is 14.9. The Kier molecular flexibility index (Phi) is 5.04. The van der Waals surface area contributed by atoms with Gasteiger partial charge in [0.25, 0.3) is 5.91 Å². The van der Waals surface area contributed by atoms with Crippen molar-refractivity contribution in [1.29, 1.82) is 0 Å². The number of carbonyl (C=O) groups is 1. The number of hydrogen-bond donors (Lipinski definition) is 1. The Bertz CT molecular complexity index is 442. The van der Waals surface area contributed by atoms with Crippen molar-refractivity contribution < 1.29 is 13.6 Å². The van der Waals surface area contributed by atoms with Gasteiger partial charge in [-0.2, -0.15) is 0 Å². The van der Waals surface area contributed by atoms with Gasteiger partial charge in [0.05, 0.1) is 0 Å². The molecule has 1 aromatic rings. The molecule has 1 aliphatic rings. The van der Waals surface area contributed by atoms with Crippen LogP contribution in [0.5, 0.6) is 0 Å². The molecular weight excluding hydrogens is 262 g/mol. The van der Waals surface area contributed by atoms with Crippen LogP contribution in [0.25, 0.3) is 0 Å². The van der Waals surface area contributed by atoms with Crippen LogP contribution in [0.15, 0.2) is 18.2 Å². The maximum absolute atomic E-state index is 13.0. The summed E-state index contributed by atoms with van der Waals surface area (Å²) in [5.74, 6) is -2.17. The van der Waals surface area contributed by atoms with Gasteiger partial charge < -0.3 is 10.2 Å². The van der Waals surface area contributed by atoms with Gasteiger partial charge in [-0.25, -0.2) is 8.78 Å². The van der Waals surface area contributed by atoms with Crippen LogP contribution in [-0.4, -0.2) is 36.5 Å². The van der Waals surface area contributed by atoms with Crippen molar-refractivity contribution in [3.8, 4) is 0 Å². The van der Waals surface area contributed by atoms with Crippen molar-refractivity contribution in [1.82, 2.24) is 10.2 Å². The zero-order valence-corrected chi connectivity index (χ0v) is 10.8. The topological polar surface area (TPSA) is 32.3 Å². The Morgan fingerprint density at radius 3 is 2.72 bits per heavy atom. The highest BCUT2D eigenvalue weighted by Crippen LogP contribution is 2.13. The fraction of sp³-hybridized carbons (Fsp3) is 0.417. The van der Waals surface area contributed by atoms with Crippen LogP contribution in [0.3, 0.4) is 0 Å². The lowest BCUT2D eigenvalue weighted by Gasteiger charge is -2.34. The molecular formula is C12H15ClF2N2O. The number of halogens is 3. The molecule has 3 nitrogen and oxygen atoms in total. The molecule has 1 N–H and O–H groups in total. The van der Waals surface area contributed by atoms with Gasteiger partial charge in [-0.3, -0.25) is 4.79 Å². The van der Waals surface area contributed by atoms with Gasteiger partial charge in [0.2, 0.25) is 0 Å². The minimum Gasteiger partial charge on any atom is -0.333 e. The minimum atomic E-state index is -0.987. The molecule has 1 amide bonds. The van der Waals surface area contributed by atoms with E-state index in [1.807, 2.05) is 6.92 Å². The molecule has 2 rings (SSSR count). The van der Waals surface area contributed by atoms with Crippen LogP contribution in [0.2, 0.25) is 0 Å². The monoisotopic (exact) mass is 276 g/mol. The molecule has 0 aliphatic carbocycles. The number of carbonyl (C=O) groups excluding carboxylic acids is 1. The van der Waals surface area contributed by atoms with Gasteiger partial charge in [0.15, 0.2) is 11.6 Å². The van der Waals surface area contributed by atoms with E-state index in [0.29, 0.717) is 6.54 Å². The second kappa shape index (κ2) is 6.11. The summed E-state index contributed by atoms with van der Waals surface area (Å²) in [6, 6.07) is 3.31. The van der Waals surface area contributed by atoms with E-state index in [1.165, 1.54) is 6.07 Å². The van der Waals surface area contributed by atoms with Gasteiger partial charge in [0, 0.05) is 31.2 Å². The highest BCUT2D eigenvalue weighted by atomic mass is 35.5. The third-order valence-electron chi connectivity index (χ3n) is 2.93. The Morgan fingerprint density at radius 2 is 2.11 bits per heavy atom. The summed E-state index contributed by atoms with van der Waals surface area (Å²) < 4.78 is 25.8. The van der Waals surface area contributed by atoms with Crippen molar-refractivity contribution in [2.24, 2.45) is 0 Å². The van der Waals surface area contributed by atoms with E-state index in [9.17, 15) is 13.6 Å². The summed E-state index contributed by atoms with van der Waals surface area (Å²) in [7, 11) is 0. The quantitative estimate of drug-likeness (QED) is 0.849. The molecule has 1 saturated heterocycles. The second-order valence-electron chi connectivity index (χ2n) is 4.18. The molecule has 1 aromatic carbocycles. The molecule has 6 heteroatoms. The molecule has 1 aliphatic heterocycles. The molecule has 1 fully saturated rings. The first-order chi connectivity index (χ1) is 8.09. The molecule has 0 saturated carbocycles. The molecule has 1 heterocycles. The molecule has 0 bridgehead atoms. The van der Waals surface area contributed by atoms with Gasteiger partial charge in [-0.1, -0.05) is 0 Å². The van der Waals surface area contributed by atoms with Gasteiger partial charge in [-0.15, -0.1) is 12.4 Å². The zero-order valence-electron chi connectivity index (χ0n) is 9.95. The van der Waals surface area contributed by atoms with E-state index in [1.54, 1.807) is 4.90 Å². The van der Waals surface area contributed by atoms with Gasteiger partial charge in [0.1, 0.15) is 0 Å². The first-order valence-corrected chi connectivity index (χ1v) is 5.56. The maximum Gasteiger partial charge on any atom is 0.254 e. The Hall–Kier alpha value is -1.20. The van der Waals surface area contributed by atoms with E-state index < -0.39 is 11.6 Å². The normalized spacial score (nSPS) is 19.3. The van der Waals surface area contributed by atoms with E-state index >= 15 is 0 Å². The van der Waals surface area contributed by atoms with Crippen molar-refractivity contribution in [3.63, 3.8) is 0 Å². The summed E-state index contributed by atoms with van der Waals surface area (Å²) >= 11 is 0. The van der Waals surface area contributed by atoms with E-state index in [4.69, 9.17) is 0 Å². The van der Waals surface area contributed by atoms with Crippen LogP contribution in [0, 0.1) is 11.6 Å². The van der Waals surface area contributed by atoms with Crippen LogP contribution in [0.1, 0.15) is 17.3 Å². The summed E-state index contributed by atoms with van der Waals surface area (Å²) in [5, 5.41) is 3.16. The summed E-state index contributed by atoms with van der Waals surface area (Å²) in [5.41, 5.74) is 0.192. The van der Waals surface area contributed by atoms with Gasteiger partial charge >= 0.3 is 0 Å². The lowest BCUT2D eigenvalue weighted by molar-refractivity contribution is 0.0655. The highest BCUT2D eigenvalue weighted by molar-refractivity contribution is 5.94. The second-order valence-corrected chi connectivity index (χ2v) is 4.18. The van der Waals surface area contributed by atoms with Crippen molar-refractivity contribution in [2.45, 2.75) is 13.0 Å². The number of benzene rings is 1. The summed E-state index contributed by atoms with van der Waals surface area (Å²) in [4.78, 5) is 13.8. The minimum absolute atomic E-state index is 0. The van der Waals surface area contributed by atoms with Crippen LogP contribution in [-0.2, 0) is 0 Å². The molecule has 0 aromatic heterocycles. The third-order valence-corrected chi connectivity index (χ3v) is 2.93. The molecule has 100 valence electrons. The number of hydrogen-bond acceptors (Lipinski definition) is 2. The summed E-state index contributed by atoms with van der Waals surface area (Å²) in [6.07, 6.45) is 0. The van der Waals surface area contributed by atoms with E-state index in [2.05, 4.69) is 5.32 Å². The third kappa shape index (κ3) is 2.97. The van der Waals surface area contributed by atoms with Crippen molar-refractivity contribution in [2.75, 3.05) is 19.6 Å². The maximum atomic E-state index is 13.0. The average Bonchev–Trinajstić information content (AvgIpc) is 2.32. The highest BCUT2D eigenvalue weighted by Gasteiger charge is 2.24. The van der Waals surface area contributed by atoms with E-state index in [0.717, 1.165) is 25.2 Å². The lowest BCUT2D eigenvalue weighted by atomic mass is 10.1. The number of nitrogens with zero attached hydrogens (tertiary/aromatic N) is 1. The lowest BCUT2D eigenvalue weighted by Crippen LogP contribution is -2.52. The summed E-state index contributed by atoms with van der Waals surface area (Å²) in [6.45, 7) is 3.94. The smallest absolute Gasteiger partial charge is 0.254 e. The van der Waals surface area contributed by atoms with Crippen LogP contribution in [0.4, 0.5) is 8.78 Å². The average molecular weight is 277 g/mol. The fourth-order valence-electron chi connectivity index (χ4n) is 1.94. The number of rotatable bonds is 1. The fourth-order valence-corrected chi connectivity index (χ4v) is 1.94. The number of amides is 1. The molecule has 1 atom stereocenters. The van der Waals surface area contributed by atoms with Gasteiger partial charge in [-0.05, 0) is 25.1 Å². The SMILES string of the molecule is C[C@@H]1CNCCN1C(=O)c1ccc(F)c(F)c1.Cl.